The van der Waals surface area contributed by atoms with Gasteiger partial charge in [-0.2, -0.15) is 0 Å². The van der Waals surface area contributed by atoms with Crippen LogP contribution in [0.3, 0.4) is 0 Å². The van der Waals surface area contributed by atoms with E-state index in [1.807, 2.05) is 23.5 Å². The van der Waals surface area contributed by atoms with E-state index in [4.69, 9.17) is 0 Å². The van der Waals surface area contributed by atoms with Crippen LogP contribution < -0.4 is 0 Å². The van der Waals surface area contributed by atoms with Crippen molar-refractivity contribution < 1.29 is 0 Å². The molecule has 0 saturated carbocycles. The van der Waals surface area contributed by atoms with Crippen LogP contribution in [0.25, 0.3) is 0 Å². The molecule has 0 fully saturated rings. The molecule has 0 nitrogen and oxygen atoms in total. The van der Waals surface area contributed by atoms with Crippen LogP contribution >= 0.6 is 23.5 Å². The Labute approximate surface area is 58.4 Å². The van der Waals surface area contributed by atoms with Gasteiger partial charge in [0.15, 0.2) is 0 Å². The molecule has 0 spiro atoms. The van der Waals surface area contributed by atoms with E-state index in [1.165, 1.54) is 4.91 Å². The zero-order valence-electron chi connectivity index (χ0n) is 4.76. The van der Waals surface area contributed by atoms with E-state index >= 15 is 0 Å². The molecule has 0 saturated heterocycles. The second-order valence-corrected chi connectivity index (χ2v) is 3.30. The summed E-state index contributed by atoms with van der Waals surface area (Å²) in [5.74, 6) is 1.16. The second kappa shape index (κ2) is 3.25. The molecule has 44 valence electrons. The first-order valence-electron chi connectivity index (χ1n) is 2.45. The monoisotopic (exact) mass is 144 g/mol. The van der Waals surface area contributed by atoms with Gasteiger partial charge in [-0.3, -0.25) is 0 Å². The smallest absolute Gasteiger partial charge is 0.0285 e. The van der Waals surface area contributed by atoms with E-state index in [-0.39, 0.29) is 0 Å². The molecule has 0 aliphatic carbocycles. The summed E-state index contributed by atoms with van der Waals surface area (Å²) in [4.78, 5) is 1.47. The summed E-state index contributed by atoms with van der Waals surface area (Å²) < 4.78 is 0. The van der Waals surface area contributed by atoms with E-state index in [0.717, 1.165) is 5.75 Å². The Balaban J connectivity index is 2.50. The molecule has 1 rings (SSSR count). The van der Waals surface area contributed by atoms with Crippen molar-refractivity contribution in [2.24, 2.45) is 0 Å². The van der Waals surface area contributed by atoms with Gasteiger partial charge in [0.1, 0.15) is 0 Å². The van der Waals surface area contributed by atoms with Crippen LogP contribution in [-0.4, -0.2) is 12.0 Å². The highest BCUT2D eigenvalue weighted by atomic mass is 32.2. The lowest BCUT2D eigenvalue weighted by Gasteiger charge is -2.02. The number of rotatable bonds is 1. The lowest BCUT2D eigenvalue weighted by Crippen LogP contribution is -1.81. The van der Waals surface area contributed by atoms with Crippen LogP contribution in [0.15, 0.2) is 22.5 Å². The molecule has 2 heteroatoms. The third-order valence-electron chi connectivity index (χ3n) is 0.945. The van der Waals surface area contributed by atoms with Gasteiger partial charge in [0.2, 0.25) is 0 Å². The molecular weight excluding hydrogens is 136 g/mol. The molecule has 0 aromatic heterocycles. The Bertz CT molecular complexity index is 124. The van der Waals surface area contributed by atoms with Crippen molar-refractivity contribution in [2.75, 3.05) is 12.0 Å². The molecule has 0 atom stereocenters. The Kier molecular flexibility index (Phi) is 2.56. The predicted octanol–water partition coefficient (Wildman–Crippen LogP) is 2.49. The van der Waals surface area contributed by atoms with E-state index in [9.17, 15) is 0 Å². The third-order valence-corrected chi connectivity index (χ3v) is 2.76. The van der Waals surface area contributed by atoms with E-state index in [2.05, 4.69) is 23.8 Å². The minimum absolute atomic E-state index is 1.16. The zero-order valence-corrected chi connectivity index (χ0v) is 6.39. The molecule has 0 radical (unpaired) electrons. The summed E-state index contributed by atoms with van der Waals surface area (Å²) in [5.41, 5.74) is 0. The van der Waals surface area contributed by atoms with Gasteiger partial charge in [0, 0.05) is 5.75 Å². The fourth-order valence-corrected chi connectivity index (χ4v) is 1.94. The van der Waals surface area contributed by atoms with Crippen LogP contribution in [0, 0.1) is 0 Å². The van der Waals surface area contributed by atoms with Gasteiger partial charge in [0.25, 0.3) is 0 Å². The Morgan fingerprint density at radius 3 is 3.00 bits per heavy atom. The van der Waals surface area contributed by atoms with E-state index in [1.54, 1.807) is 0 Å². The fraction of sp³-hybridized carbons (Fsp3) is 0.333. The average Bonchev–Trinajstić information content (AvgIpc) is 1.90. The quantitative estimate of drug-likeness (QED) is 0.554. The lowest BCUT2D eigenvalue weighted by molar-refractivity contribution is 1.68. The molecule has 0 aromatic rings. The van der Waals surface area contributed by atoms with Gasteiger partial charge in [0.05, 0.1) is 0 Å². The van der Waals surface area contributed by atoms with Crippen LogP contribution in [-0.2, 0) is 0 Å². The molecule has 1 aliphatic rings. The standard InChI is InChI=1S/C6H8S2/c1-7-6-3-2-4-8-5-6/h2-4H,5H2,1H3. The van der Waals surface area contributed by atoms with Crippen LogP contribution in [0.2, 0.25) is 0 Å². The highest BCUT2D eigenvalue weighted by Gasteiger charge is 1.94. The van der Waals surface area contributed by atoms with Gasteiger partial charge >= 0.3 is 0 Å². The maximum atomic E-state index is 2.17. The molecular formula is C6H8S2. The molecule has 0 unspecified atom stereocenters. The van der Waals surface area contributed by atoms with Gasteiger partial charge in [-0.15, -0.1) is 23.5 Å². The van der Waals surface area contributed by atoms with Crippen molar-refractivity contribution in [3.05, 3.63) is 22.5 Å². The highest BCUT2D eigenvalue weighted by Crippen LogP contribution is 2.22. The van der Waals surface area contributed by atoms with Gasteiger partial charge in [-0.25, -0.2) is 0 Å². The maximum Gasteiger partial charge on any atom is 0.0285 e. The van der Waals surface area contributed by atoms with Crippen molar-refractivity contribution in [3.8, 4) is 0 Å². The number of hydrogen-bond donors (Lipinski definition) is 0. The van der Waals surface area contributed by atoms with Crippen LogP contribution in [0.4, 0.5) is 0 Å². The minimum atomic E-state index is 1.16. The van der Waals surface area contributed by atoms with Gasteiger partial charge in [-0.05, 0) is 16.6 Å². The maximum absolute atomic E-state index is 2.17. The summed E-state index contributed by atoms with van der Waals surface area (Å²) in [6.45, 7) is 0. The Morgan fingerprint density at radius 2 is 2.62 bits per heavy atom. The van der Waals surface area contributed by atoms with Crippen molar-refractivity contribution in [1.29, 1.82) is 0 Å². The third kappa shape index (κ3) is 1.60. The molecule has 0 N–H and O–H groups in total. The van der Waals surface area contributed by atoms with E-state index in [0.29, 0.717) is 0 Å². The molecule has 8 heavy (non-hydrogen) atoms. The summed E-state index contributed by atoms with van der Waals surface area (Å²) in [6.07, 6.45) is 6.38. The van der Waals surface area contributed by atoms with Crippen molar-refractivity contribution in [3.63, 3.8) is 0 Å². The second-order valence-electron chi connectivity index (χ2n) is 1.48. The molecule has 1 heterocycles. The van der Waals surface area contributed by atoms with Crippen molar-refractivity contribution >= 4 is 23.5 Å². The Hall–Kier alpha value is 0.180. The number of thioether (sulfide) groups is 2. The minimum Gasteiger partial charge on any atom is -0.133 e. The molecule has 0 bridgehead atoms. The number of allylic oxidation sites excluding steroid dienone is 2. The summed E-state index contributed by atoms with van der Waals surface area (Å²) >= 11 is 3.69. The summed E-state index contributed by atoms with van der Waals surface area (Å²) in [6, 6.07) is 0. The molecule has 0 aromatic carbocycles. The predicted molar refractivity (Wildman–Crippen MR) is 43.2 cm³/mol. The topological polar surface area (TPSA) is 0 Å². The van der Waals surface area contributed by atoms with Crippen LogP contribution in [0.1, 0.15) is 0 Å². The Morgan fingerprint density at radius 1 is 1.75 bits per heavy atom. The SMILES string of the molecule is CSC1=CC=CSC1. The zero-order chi connectivity index (χ0) is 5.82. The van der Waals surface area contributed by atoms with Gasteiger partial charge in [-0.1, -0.05) is 12.2 Å². The summed E-state index contributed by atoms with van der Waals surface area (Å²) in [7, 11) is 0. The van der Waals surface area contributed by atoms with Crippen molar-refractivity contribution in [1.82, 2.24) is 0 Å². The lowest BCUT2D eigenvalue weighted by atomic mass is 10.5. The first kappa shape index (κ1) is 6.30. The fourth-order valence-electron chi connectivity index (χ4n) is 0.507. The van der Waals surface area contributed by atoms with Gasteiger partial charge < -0.3 is 0 Å². The van der Waals surface area contributed by atoms with Crippen molar-refractivity contribution in [2.45, 2.75) is 0 Å². The van der Waals surface area contributed by atoms with Crippen LogP contribution in [0.5, 0.6) is 0 Å². The molecule has 1 aliphatic heterocycles. The highest BCUT2D eigenvalue weighted by molar-refractivity contribution is 8.06. The largest absolute Gasteiger partial charge is 0.133 e. The first-order valence-corrected chi connectivity index (χ1v) is 4.72. The molecule has 0 amide bonds. The first-order chi connectivity index (χ1) is 3.93. The average molecular weight is 144 g/mol. The number of hydrogen-bond acceptors (Lipinski definition) is 2. The summed E-state index contributed by atoms with van der Waals surface area (Å²) in [5, 5.41) is 2.12. The normalized spacial score (nSPS) is 18.4. The van der Waals surface area contributed by atoms with E-state index < -0.39 is 0 Å².